The van der Waals surface area contributed by atoms with Crippen molar-refractivity contribution in [3.63, 3.8) is 0 Å². The molecule has 0 bridgehead atoms. The van der Waals surface area contributed by atoms with Gasteiger partial charge in [-0.1, -0.05) is 0 Å². The van der Waals surface area contributed by atoms with Crippen LogP contribution in [0.5, 0.6) is 11.5 Å². The zero-order valence-corrected chi connectivity index (χ0v) is 16.6. The maximum absolute atomic E-state index is 12.7. The van der Waals surface area contributed by atoms with Gasteiger partial charge in [0.2, 0.25) is 0 Å². The fraction of sp³-hybridized carbons (Fsp3) is 0.227. The van der Waals surface area contributed by atoms with E-state index in [9.17, 15) is 9.59 Å². The highest BCUT2D eigenvalue weighted by molar-refractivity contribution is 6.15. The van der Waals surface area contributed by atoms with Gasteiger partial charge in [-0.15, -0.1) is 0 Å². The highest BCUT2D eigenvalue weighted by Crippen LogP contribution is 2.40. The molecular formula is C22H21NO6. The van der Waals surface area contributed by atoms with Gasteiger partial charge in [0, 0.05) is 18.0 Å². The second-order valence-corrected chi connectivity index (χ2v) is 6.05. The van der Waals surface area contributed by atoms with Gasteiger partial charge in [0.25, 0.3) is 0 Å². The number of ether oxygens (including phenoxy) is 4. The molecule has 29 heavy (non-hydrogen) atoms. The van der Waals surface area contributed by atoms with Crippen LogP contribution in [0.25, 0.3) is 21.9 Å². The molecule has 0 radical (unpaired) electrons. The van der Waals surface area contributed by atoms with Crippen LogP contribution in [0.4, 0.5) is 0 Å². The van der Waals surface area contributed by atoms with Crippen LogP contribution in [-0.4, -0.2) is 44.9 Å². The first-order valence-electron chi connectivity index (χ1n) is 8.94. The van der Waals surface area contributed by atoms with Crippen LogP contribution in [0, 0.1) is 0 Å². The molecule has 3 rings (SSSR count). The van der Waals surface area contributed by atoms with E-state index in [2.05, 4.69) is 4.98 Å². The third-order valence-electron chi connectivity index (χ3n) is 4.49. The van der Waals surface area contributed by atoms with E-state index in [0.29, 0.717) is 40.0 Å². The number of aromatic nitrogens is 1. The molecule has 0 fully saturated rings. The van der Waals surface area contributed by atoms with Gasteiger partial charge < -0.3 is 18.9 Å². The van der Waals surface area contributed by atoms with E-state index in [4.69, 9.17) is 18.9 Å². The van der Waals surface area contributed by atoms with Crippen molar-refractivity contribution in [1.29, 1.82) is 0 Å². The van der Waals surface area contributed by atoms with Crippen LogP contribution < -0.4 is 9.47 Å². The molecule has 0 spiro atoms. The molecule has 0 saturated carbocycles. The molecule has 0 saturated heterocycles. The van der Waals surface area contributed by atoms with Crippen molar-refractivity contribution >= 4 is 22.7 Å². The summed E-state index contributed by atoms with van der Waals surface area (Å²) in [6.45, 7) is 2.31. The average Bonchev–Trinajstić information content (AvgIpc) is 2.77. The minimum Gasteiger partial charge on any atom is -0.493 e. The number of fused-ring (bicyclic) bond motifs is 1. The molecule has 7 heteroatoms. The smallest absolute Gasteiger partial charge is 0.339 e. The van der Waals surface area contributed by atoms with Gasteiger partial charge in [0.1, 0.15) is 0 Å². The van der Waals surface area contributed by atoms with Crippen molar-refractivity contribution in [2.45, 2.75) is 6.92 Å². The highest BCUT2D eigenvalue weighted by atomic mass is 16.5. The maximum Gasteiger partial charge on any atom is 0.339 e. The number of esters is 2. The number of hydrogen-bond donors (Lipinski definition) is 0. The fourth-order valence-corrected chi connectivity index (χ4v) is 3.24. The lowest BCUT2D eigenvalue weighted by atomic mass is 9.89. The Morgan fingerprint density at radius 1 is 0.931 bits per heavy atom. The van der Waals surface area contributed by atoms with Gasteiger partial charge in [-0.05, 0) is 53.6 Å². The summed E-state index contributed by atoms with van der Waals surface area (Å²) < 4.78 is 21.0. The molecule has 0 atom stereocenters. The van der Waals surface area contributed by atoms with Crippen LogP contribution in [0.3, 0.4) is 0 Å². The quantitative estimate of drug-likeness (QED) is 0.586. The summed E-state index contributed by atoms with van der Waals surface area (Å²) in [6, 6.07) is 8.66. The third kappa shape index (κ3) is 3.71. The van der Waals surface area contributed by atoms with Crippen molar-refractivity contribution in [3.05, 3.63) is 53.9 Å². The molecule has 0 amide bonds. The molecule has 0 aliphatic heterocycles. The number of carbonyl (C=O) groups is 2. The number of nitrogens with zero attached hydrogens (tertiary/aromatic N) is 1. The molecule has 1 aromatic heterocycles. The van der Waals surface area contributed by atoms with Gasteiger partial charge in [-0.25, -0.2) is 9.59 Å². The Bertz CT molecular complexity index is 1060. The SMILES string of the molecule is CCOc1cc2cc(C(=O)OC)c(C(=O)OC)c(-c3ccncc3)c2cc1OC. The fourth-order valence-electron chi connectivity index (χ4n) is 3.24. The first kappa shape index (κ1) is 20.1. The van der Waals surface area contributed by atoms with Crippen molar-refractivity contribution in [1.82, 2.24) is 4.98 Å². The van der Waals surface area contributed by atoms with Crippen molar-refractivity contribution < 1.29 is 28.5 Å². The van der Waals surface area contributed by atoms with Crippen LogP contribution >= 0.6 is 0 Å². The van der Waals surface area contributed by atoms with Crippen LogP contribution in [0.2, 0.25) is 0 Å². The van der Waals surface area contributed by atoms with E-state index in [1.54, 1.807) is 49.8 Å². The predicted molar refractivity (Wildman–Crippen MR) is 108 cm³/mol. The molecule has 0 aliphatic rings. The Labute approximate surface area is 168 Å². The van der Waals surface area contributed by atoms with E-state index < -0.39 is 11.9 Å². The number of pyridine rings is 1. The minimum absolute atomic E-state index is 0.103. The normalized spacial score (nSPS) is 10.5. The summed E-state index contributed by atoms with van der Waals surface area (Å²) >= 11 is 0. The zero-order valence-electron chi connectivity index (χ0n) is 16.6. The Hall–Kier alpha value is -3.61. The van der Waals surface area contributed by atoms with E-state index in [1.165, 1.54) is 14.2 Å². The molecule has 7 nitrogen and oxygen atoms in total. The van der Waals surface area contributed by atoms with Gasteiger partial charge in [-0.2, -0.15) is 0 Å². The third-order valence-corrected chi connectivity index (χ3v) is 4.49. The largest absolute Gasteiger partial charge is 0.493 e. The van der Waals surface area contributed by atoms with Crippen LogP contribution in [0.1, 0.15) is 27.6 Å². The van der Waals surface area contributed by atoms with Gasteiger partial charge in [0.05, 0.1) is 39.1 Å². The zero-order chi connectivity index (χ0) is 21.0. The van der Waals surface area contributed by atoms with E-state index in [1.807, 2.05) is 6.92 Å². The monoisotopic (exact) mass is 395 g/mol. The number of carbonyl (C=O) groups excluding carboxylic acids is 2. The van der Waals surface area contributed by atoms with Gasteiger partial charge >= 0.3 is 11.9 Å². The number of benzene rings is 2. The Balaban J connectivity index is 2.51. The minimum atomic E-state index is -0.646. The van der Waals surface area contributed by atoms with Crippen LogP contribution in [-0.2, 0) is 9.47 Å². The van der Waals surface area contributed by atoms with Gasteiger partial charge in [-0.3, -0.25) is 4.98 Å². The van der Waals surface area contributed by atoms with Crippen molar-refractivity contribution in [2.75, 3.05) is 27.9 Å². The van der Waals surface area contributed by atoms with E-state index in [0.717, 1.165) is 0 Å². The topological polar surface area (TPSA) is 84.0 Å². The molecular weight excluding hydrogens is 374 g/mol. The Kier molecular flexibility index (Phi) is 5.97. The second kappa shape index (κ2) is 8.60. The summed E-state index contributed by atoms with van der Waals surface area (Å²) in [5, 5.41) is 1.39. The lowest BCUT2D eigenvalue weighted by Gasteiger charge is -2.18. The van der Waals surface area contributed by atoms with Crippen LogP contribution in [0.15, 0.2) is 42.7 Å². The predicted octanol–water partition coefficient (Wildman–Crippen LogP) is 3.88. The summed E-state index contributed by atoms with van der Waals surface area (Å²) in [4.78, 5) is 29.3. The molecule has 2 aromatic carbocycles. The molecule has 0 unspecified atom stereocenters. The first-order chi connectivity index (χ1) is 14.0. The maximum atomic E-state index is 12.7. The van der Waals surface area contributed by atoms with Gasteiger partial charge in [0.15, 0.2) is 11.5 Å². The Morgan fingerprint density at radius 2 is 1.62 bits per heavy atom. The number of rotatable bonds is 6. The number of methoxy groups -OCH3 is 3. The van der Waals surface area contributed by atoms with E-state index >= 15 is 0 Å². The lowest BCUT2D eigenvalue weighted by Crippen LogP contribution is -2.14. The highest BCUT2D eigenvalue weighted by Gasteiger charge is 2.26. The first-order valence-corrected chi connectivity index (χ1v) is 8.94. The summed E-state index contributed by atoms with van der Waals surface area (Å²) in [5.41, 5.74) is 1.44. The summed E-state index contributed by atoms with van der Waals surface area (Å²) in [7, 11) is 4.07. The summed E-state index contributed by atoms with van der Waals surface area (Å²) in [6.07, 6.45) is 3.22. The average molecular weight is 395 g/mol. The lowest BCUT2D eigenvalue weighted by molar-refractivity contribution is 0.0556. The standard InChI is InChI=1S/C22H21NO6/c1-5-29-18-11-14-10-16(21(24)27-3)20(22(25)28-4)19(13-6-8-23-9-7-13)15(14)12-17(18)26-2/h6-12H,5H2,1-4H3. The number of hydrogen-bond acceptors (Lipinski definition) is 7. The van der Waals surface area contributed by atoms with Crippen molar-refractivity contribution in [3.8, 4) is 22.6 Å². The summed E-state index contributed by atoms with van der Waals surface area (Å²) in [5.74, 6) is -0.246. The second-order valence-electron chi connectivity index (χ2n) is 6.05. The molecule has 0 N–H and O–H groups in total. The van der Waals surface area contributed by atoms with Crippen molar-refractivity contribution in [2.24, 2.45) is 0 Å². The molecule has 0 aliphatic carbocycles. The van der Waals surface area contributed by atoms with E-state index in [-0.39, 0.29) is 11.1 Å². The Morgan fingerprint density at radius 3 is 2.21 bits per heavy atom. The molecule has 1 heterocycles. The molecule has 3 aromatic rings. The molecule has 150 valence electrons.